The lowest BCUT2D eigenvalue weighted by atomic mass is 10.2. The molecule has 0 saturated carbocycles. The van der Waals surface area contributed by atoms with Crippen molar-refractivity contribution in [1.29, 1.82) is 0 Å². The summed E-state index contributed by atoms with van der Waals surface area (Å²) in [5, 5.41) is 0.617. The second kappa shape index (κ2) is 9.08. The predicted octanol–water partition coefficient (Wildman–Crippen LogP) is 5.74. The third-order valence-electron chi connectivity index (χ3n) is 3.13. The minimum atomic E-state index is -2.33. The molecule has 0 unspecified atom stereocenters. The Hall–Kier alpha value is -0.336. The van der Waals surface area contributed by atoms with Crippen LogP contribution in [0.4, 0.5) is 0 Å². The van der Waals surface area contributed by atoms with Gasteiger partial charge in [0.15, 0.2) is 0 Å². The van der Waals surface area contributed by atoms with E-state index in [2.05, 4.69) is 20.0 Å². The van der Waals surface area contributed by atoms with E-state index in [0.717, 1.165) is 13.0 Å². The summed E-state index contributed by atoms with van der Waals surface area (Å²) in [4.78, 5) is 0. The van der Waals surface area contributed by atoms with Gasteiger partial charge in [-0.25, -0.2) is 0 Å². The van der Waals surface area contributed by atoms with Crippen LogP contribution in [0.2, 0.25) is 31.2 Å². The normalized spacial score (nSPS) is 12.5. The van der Waals surface area contributed by atoms with Gasteiger partial charge in [-0.15, -0.1) is 0 Å². The van der Waals surface area contributed by atoms with Gasteiger partial charge in [-0.1, -0.05) is 49.9 Å². The van der Waals surface area contributed by atoms with E-state index >= 15 is 0 Å². The number of benzene rings is 1. The predicted molar refractivity (Wildman–Crippen MR) is 98.2 cm³/mol. The molecule has 0 heterocycles. The lowest BCUT2D eigenvalue weighted by Gasteiger charge is -2.33. The van der Waals surface area contributed by atoms with Crippen LogP contribution in [0.5, 0.6) is 5.75 Å². The fourth-order valence-electron chi connectivity index (χ4n) is 2.28. The molecule has 0 aliphatic heterocycles. The van der Waals surface area contributed by atoms with Crippen molar-refractivity contribution in [1.82, 2.24) is 0 Å². The largest absolute Gasteiger partial charge is 0.520 e. The van der Waals surface area contributed by atoms with Crippen molar-refractivity contribution in [2.45, 2.75) is 58.8 Å². The second-order valence-corrected chi connectivity index (χ2v) is 13.7. The Bertz CT molecular complexity index is 453. The second-order valence-electron chi connectivity index (χ2n) is 6.34. The third kappa shape index (κ3) is 7.78. The molecule has 0 N–H and O–H groups in total. The molecule has 1 aromatic rings. The highest BCUT2D eigenvalue weighted by Crippen LogP contribution is 2.27. The summed E-state index contributed by atoms with van der Waals surface area (Å²) >= 11 is 6.16. The van der Waals surface area contributed by atoms with Crippen LogP contribution in [0.15, 0.2) is 24.3 Å². The monoisotopic (exact) mass is 360 g/mol. The SMILES string of the molecule is CCCCCCO[Si](C)(C)O[Si](C)(C)Oc1ccccc1Cl. The summed E-state index contributed by atoms with van der Waals surface area (Å²) in [6.07, 6.45) is 4.82. The molecule has 0 atom stereocenters. The summed E-state index contributed by atoms with van der Waals surface area (Å²) < 4.78 is 18.3. The van der Waals surface area contributed by atoms with E-state index in [1.165, 1.54) is 19.3 Å². The molecule has 3 nitrogen and oxygen atoms in total. The maximum Gasteiger partial charge on any atom is 0.383 e. The van der Waals surface area contributed by atoms with Crippen molar-refractivity contribution in [3.05, 3.63) is 29.3 Å². The molecule has 0 saturated heterocycles. The van der Waals surface area contributed by atoms with E-state index in [0.29, 0.717) is 10.8 Å². The number of hydrogen-bond acceptors (Lipinski definition) is 3. The van der Waals surface area contributed by atoms with Gasteiger partial charge in [-0.3, -0.25) is 0 Å². The first kappa shape index (κ1) is 19.7. The van der Waals surface area contributed by atoms with E-state index in [1.807, 2.05) is 37.4 Å². The van der Waals surface area contributed by atoms with E-state index in [1.54, 1.807) is 0 Å². The molecule has 0 radical (unpaired) electrons. The van der Waals surface area contributed by atoms with Gasteiger partial charge in [0.25, 0.3) is 0 Å². The lowest BCUT2D eigenvalue weighted by molar-refractivity contribution is 0.225. The van der Waals surface area contributed by atoms with Gasteiger partial charge >= 0.3 is 17.1 Å². The highest BCUT2D eigenvalue weighted by molar-refractivity contribution is 6.79. The van der Waals surface area contributed by atoms with Crippen LogP contribution in [-0.2, 0) is 8.54 Å². The Morgan fingerprint density at radius 2 is 1.64 bits per heavy atom. The average molecular weight is 361 g/mol. The minimum Gasteiger partial charge on any atom is -0.520 e. The molecule has 0 spiro atoms. The van der Waals surface area contributed by atoms with Gasteiger partial charge in [0.2, 0.25) is 0 Å². The van der Waals surface area contributed by atoms with Gasteiger partial charge in [-0.2, -0.15) is 0 Å². The highest BCUT2D eigenvalue weighted by Gasteiger charge is 2.38. The molecular weight excluding hydrogens is 332 g/mol. The molecule has 0 fully saturated rings. The summed E-state index contributed by atoms with van der Waals surface area (Å²) in [5.74, 6) is 0.688. The molecule has 126 valence electrons. The van der Waals surface area contributed by atoms with Crippen LogP contribution in [0, 0.1) is 0 Å². The van der Waals surface area contributed by atoms with E-state index in [4.69, 9.17) is 24.6 Å². The lowest BCUT2D eigenvalue weighted by Crippen LogP contribution is -2.50. The summed E-state index contributed by atoms with van der Waals surface area (Å²) in [7, 11) is -4.51. The molecule has 22 heavy (non-hydrogen) atoms. The molecule has 1 aromatic carbocycles. The van der Waals surface area contributed by atoms with Gasteiger partial charge in [-0.05, 0) is 44.7 Å². The van der Waals surface area contributed by atoms with Crippen LogP contribution < -0.4 is 4.43 Å². The van der Waals surface area contributed by atoms with Gasteiger partial charge in [0.05, 0.1) is 5.02 Å². The van der Waals surface area contributed by atoms with Crippen LogP contribution in [0.25, 0.3) is 0 Å². The molecule has 1 rings (SSSR count). The van der Waals surface area contributed by atoms with Crippen molar-refractivity contribution in [3.8, 4) is 5.75 Å². The molecule has 0 aromatic heterocycles. The van der Waals surface area contributed by atoms with Crippen molar-refractivity contribution in [2.75, 3.05) is 6.61 Å². The third-order valence-corrected chi connectivity index (χ3v) is 8.99. The zero-order valence-corrected chi connectivity index (χ0v) is 17.2. The zero-order valence-electron chi connectivity index (χ0n) is 14.4. The number of hydrogen-bond donors (Lipinski definition) is 0. The maximum absolute atomic E-state index is 6.27. The smallest absolute Gasteiger partial charge is 0.383 e. The summed E-state index contributed by atoms with van der Waals surface area (Å²) in [6, 6.07) is 7.51. The Kier molecular flexibility index (Phi) is 8.13. The Morgan fingerprint density at radius 1 is 0.955 bits per heavy atom. The van der Waals surface area contributed by atoms with E-state index in [9.17, 15) is 0 Å². The van der Waals surface area contributed by atoms with Gasteiger partial charge in [0.1, 0.15) is 5.75 Å². The van der Waals surface area contributed by atoms with E-state index in [-0.39, 0.29) is 0 Å². The number of rotatable bonds is 10. The average Bonchev–Trinajstić information content (AvgIpc) is 2.39. The first-order valence-electron chi connectivity index (χ1n) is 8.03. The molecule has 6 heteroatoms. The summed E-state index contributed by atoms with van der Waals surface area (Å²) in [6.45, 7) is 11.2. The van der Waals surface area contributed by atoms with Gasteiger partial charge in [0, 0.05) is 6.61 Å². The standard InChI is InChI=1S/C16H29ClO3Si2/c1-6-7-8-11-14-18-21(2,3)20-22(4,5)19-16-13-10-9-12-15(16)17/h9-10,12-13H,6-8,11,14H2,1-5H3. The zero-order chi connectivity index (χ0) is 16.6. The highest BCUT2D eigenvalue weighted by atomic mass is 35.5. The first-order valence-corrected chi connectivity index (χ1v) is 14.0. The molecular formula is C16H29ClO3Si2. The van der Waals surface area contributed by atoms with Gasteiger partial charge < -0.3 is 13.0 Å². The fourth-order valence-corrected chi connectivity index (χ4v) is 9.00. The van der Waals surface area contributed by atoms with Crippen molar-refractivity contribution in [3.63, 3.8) is 0 Å². The summed E-state index contributed by atoms with van der Waals surface area (Å²) in [5.41, 5.74) is 0. The number of para-hydroxylation sites is 1. The molecule has 0 aliphatic carbocycles. The van der Waals surface area contributed by atoms with Crippen molar-refractivity contribution >= 4 is 28.7 Å². The van der Waals surface area contributed by atoms with Crippen molar-refractivity contribution in [2.24, 2.45) is 0 Å². The minimum absolute atomic E-state index is 0.617. The molecule has 0 bridgehead atoms. The molecule has 0 amide bonds. The van der Waals surface area contributed by atoms with Crippen LogP contribution in [0.3, 0.4) is 0 Å². The molecule has 0 aliphatic rings. The van der Waals surface area contributed by atoms with Crippen LogP contribution in [0.1, 0.15) is 32.6 Å². The number of halogens is 1. The topological polar surface area (TPSA) is 27.7 Å². The fraction of sp³-hybridized carbons (Fsp3) is 0.625. The van der Waals surface area contributed by atoms with E-state index < -0.39 is 17.1 Å². The Balaban J connectivity index is 2.49. The number of unbranched alkanes of at least 4 members (excludes halogenated alkanes) is 3. The van der Waals surface area contributed by atoms with Crippen molar-refractivity contribution < 1.29 is 13.0 Å². The van der Waals surface area contributed by atoms with Crippen LogP contribution >= 0.6 is 11.6 Å². The Morgan fingerprint density at radius 3 is 2.27 bits per heavy atom. The maximum atomic E-state index is 6.27. The quantitative estimate of drug-likeness (QED) is 0.393. The Labute approximate surface area is 142 Å². The van der Waals surface area contributed by atoms with Crippen LogP contribution in [-0.4, -0.2) is 23.7 Å². The first-order chi connectivity index (χ1) is 10.3.